The van der Waals surface area contributed by atoms with Crippen molar-refractivity contribution in [2.24, 2.45) is 5.92 Å². The van der Waals surface area contributed by atoms with E-state index >= 15 is 0 Å². The Balaban J connectivity index is 2.69. The minimum atomic E-state index is -5.71. The molecular weight excluding hydrogens is 381 g/mol. The van der Waals surface area contributed by atoms with Gasteiger partial charge in [0.1, 0.15) is 11.7 Å². The SMILES string of the molecule is O=C([C@@H]1[C@@H](c2ccccc2F)NC(=S)N[C@]1(O)C(F)(F)F)C(F)(F)F. The molecular formula is C13H9F7N2O2S. The molecule has 1 saturated heterocycles. The second-order valence-electron chi connectivity index (χ2n) is 5.20. The van der Waals surface area contributed by atoms with Gasteiger partial charge in [-0.3, -0.25) is 4.79 Å². The number of carbonyl (C=O) groups excluding carboxylic acids is 1. The van der Waals surface area contributed by atoms with Gasteiger partial charge in [0.15, 0.2) is 5.11 Å². The summed E-state index contributed by atoms with van der Waals surface area (Å²) >= 11 is 4.48. The average molecular weight is 390 g/mol. The molecule has 0 aliphatic carbocycles. The first-order valence-corrected chi connectivity index (χ1v) is 6.93. The van der Waals surface area contributed by atoms with Crippen LogP contribution in [0.2, 0.25) is 0 Å². The maximum absolute atomic E-state index is 13.9. The zero-order chi connectivity index (χ0) is 19.2. The Bertz CT molecular complexity index is 706. The fraction of sp³-hybridized carbons (Fsp3) is 0.385. The maximum atomic E-state index is 13.9. The molecule has 12 heteroatoms. The Morgan fingerprint density at radius 3 is 2.20 bits per heavy atom. The summed E-state index contributed by atoms with van der Waals surface area (Å²) in [7, 11) is 0. The summed E-state index contributed by atoms with van der Waals surface area (Å²) in [6, 6.07) is 1.76. The van der Waals surface area contributed by atoms with E-state index < -0.39 is 52.3 Å². The Hall–Kier alpha value is -1.95. The van der Waals surface area contributed by atoms with Gasteiger partial charge in [-0.05, 0) is 18.3 Å². The van der Waals surface area contributed by atoms with Crippen LogP contribution in [0, 0.1) is 11.7 Å². The molecule has 0 saturated carbocycles. The number of thiocarbonyl (C=S) groups is 1. The highest BCUT2D eigenvalue weighted by atomic mass is 32.1. The topological polar surface area (TPSA) is 61.4 Å². The number of hydrogen-bond acceptors (Lipinski definition) is 3. The van der Waals surface area contributed by atoms with Gasteiger partial charge in [0.2, 0.25) is 11.5 Å². The number of carbonyl (C=O) groups is 1. The molecule has 1 aromatic rings. The van der Waals surface area contributed by atoms with E-state index in [2.05, 4.69) is 12.2 Å². The Kier molecular flexibility index (Phi) is 4.72. The largest absolute Gasteiger partial charge is 0.450 e. The van der Waals surface area contributed by atoms with Crippen molar-refractivity contribution >= 4 is 23.1 Å². The standard InChI is InChI=1S/C13H9F7N2O2S/c14-6-4-2-1-3-5(6)8-7(9(23)12(15,16)17)11(24,13(18,19)20)22-10(25)21-8/h1-4,7-8,24H,(H2,21,22,25)/t7-,8+,11+/m0/s1. The molecule has 1 fully saturated rings. The maximum Gasteiger partial charge on any atom is 0.450 e. The van der Waals surface area contributed by atoms with Crippen LogP contribution in [-0.4, -0.2) is 34.1 Å². The van der Waals surface area contributed by atoms with Gasteiger partial charge in [-0.1, -0.05) is 18.2 Å². The molecule has 0 unspecified atom stereocenters. The highest BCUT2D eigenvalue weighted by Crippen LogP contribution is 2.45. The number of hydrogen-bond donors (Lipinski definition) is 3. The monoisotopic (exact) mass is 390 g/mol. The van der Waals surface area contributed by atoms with E-state index in [1.165, 1.54) is 5.32 Å². The van der Waals surface area contributed by atoms with E-state index in [-0.39, 0.29) is 0 Å². The van der Waals surface area contributed by atoms with Gasteiger partial charge in [-0.2, -0.15) is 26.3 Å². The van der Waals surface area contributed by atoms with Crippen LogP contribution in [0.25, 0.3) is 0 Å². The number of halogens is 7. The molecule has 4 nitrogen and oxygen atoms in total. The van der Waals surface area contributed by atoms with E-state index in [4.69, 9.17) is 0 Å². The van der Waals surface area contributed by atoms with Crippen LogP contribution in [-0.2, 0) is 4.79 Å². The first-order valence-electron chi connectivity index (χ1n) is 6.52. The van der Waals surface area contributed by atoms with Gasteiger partial charge in [-0.25, -0.2) is 4.39 Å². The van der Waals surface area contributed by atoms with Crippen molar-refractivity contribution in [1.82, 2.24) is 10.6 Å². The number of benzene rings is 1. The lowest BCUT2D eigenvalue weighted by Gasteiger charge is -2.46. The predicted octanol–water partition coefficient (Wildman–Crippen LogP) is 2.34. The summed E-state index contributed by atoms with van der Waals surface area (Å²) in [6.45, 7) is 0. The fourth-order valence-corrected chi connectivity index (χ4v) is 2.78. The summed E-state index contributed by atoms with van der Waals surface area (Å²) < 4.78 is 92.3. The third-order valence-corrected chi connectivity index (χ3v) is 3.83. The molecule has 1 heterocycles. The molecule has 0 bridgehead atoms. The summed E-state index contributed by atoms with van der Waals surface area (Å²) in [6.07, 6.45) is -11.4. The molecule has 1 aliphatic rings. The van der Waals surface area contributed by atoms with E-state index in [9.17, 15) is 40.6 Å². The van der Waals surface area contributed by atoms with E-state index in [1.807, 2.05) is 5.32 Å². The summed E-state index contributed by atoms with van der Waals surface area (Å²) in [5.41, 5.74) is -5.02. The molecule has 0 spiro atoms. The van der Waals surface area contributed by atoms with Gasteiger partial charge in [0, 0.05) is 5.56 Å². The quantitative estimate of drug-likeness (QED) is 0.535. The zero-order valence-electron chi connectivity index (χ0n) is 11.9. The van der Waals surface area contributed by atoms with Crippen LogP contribution >= 0.6 is 12.2 Å². The van der Waals surface area contributed by atoms with Crippen LogP contribution in [0.1, 0.15) is 11.6 Å². The molecule has 25 heavy (non-hydrogen) atoms. The van der Waals surface area contributed by atoms with E-state index in [0.717, 1.165) is 24.3 Å². The zero-order valence-corrected chi connectivity index (χ0v) is 12.7. The van der Waals surface area contributed by atoms with Crippen molar-refractivity contribution < 1.29 is 40.6 Å². The molecule has 1 aliphatic heterocycles. The lowest BCUT2D eigenvalue weighted by Crippen LogP contribution is -2.73. The normalized spacial score (nSPS) is 27.4. The van der Waals surface area contributed by atoms with Gasteiger partial charge >= 0.3 is 12.4 Å². The van der Waals surface area contributed by atoms with Crippen LogP contribution in [0.5, 0.6) is 0 Å². The second kappa shape index (κ2) is 6.09. The number of ketones is 1. The molecule has 0 amide bonds. The van der Waals surface area contributed by atoms with Gasteiger partial charge in [0.25, 0.3) is 0 Å². The van der Waals surface area contributed by atoms with Crippen molar-refractivity contribution in [1.29, 1.82) is 0 Å². The highest BCUT2D eigenvalue weighted by Gasteiger charge is 2.69. The van der Waals surface area contributed by atoms with Gasteiger partial charge in [0.05, 0.1) is 6.04 Å². The number of Topliss-reactive ketones (excluding diaryl/α,β-unsaturated/α-hetero) is 1. The average Bonchev–Trinajstić information content (AvgIpc) is 2.44. The second-order valence-corrected chi connectivity index (χ2v) is 5.61. The van der Waals surface area contributed by atoms with Crippen molar-refractivity contribution in [3.05, 3.63) is 35.6 Å². The fourth-order valence-electron chi connectivity index (χ4n) is 2.50. The smallest absolute Gasteiger partial charge is 0.363 e. The molecule has 0 radical (unpaired) electrons. The lowest BCUT2D eigenvalue weighted by molar-refractivity contribution is -0.293. The highest BCUT2D eigenvalue weighted by molar-refractivity contribution is 7.80. The van der Waals surface area contributed by atoms with Gasteiger partial charge in [-0.15, -0.1) is 0 Å². The first-order chi connectivity index (χ1) is 11.3. The number of alkyl halides is 6. The minimum absolute atomic E-state index is 0.684. The third-order valence-electron chi connectivity index (χ3n) is 3.61. The number of rotatable bonds is 2. The summed E-state index contributed by atoms with van der Waals surface area (Å²) in [5.74, 6) is -7.23. The number of nitrogens with one attached hydrogen (secondary N) is 2. The van der Waals surface area contributed by atoms with Crippen LogP contribution < -0.4 is 10.6 Å². The predicted molar refractivity (Wildman–Crippen MR) is 73.6 cm³/mol. The molecule has 0 aromatic heterocycles. The Morgan fingerprint density at radius 1 is 1.16 bits per heavy atom. The van der Waals surface area contributed by atoms with Crippen LogP contribution in [0.3, 0.4) is 0 Å². The lowest BCUT2D eigenvalue weighted by atomic mass is 9.79. The van der Waals surface area contributed by atoms with E-state index in [1.54, 1.807) is 0 Å². The summed E-state index contributed by atoms with van der Waals surface area (Å²) in [5, 5.41) is 12.3. The van der Waals surface area contributed by atoms with E-state index in [0.29, 0.717) is 0 Å². The van der Waals surface area contributed by atoms with Crippen molar-refractivity contribution in [2.75, 3.05) is 0 Å². The van der Waals surface area contributed by atoms with Crippen molar-refractivity contribution in [3.8, 4) is 0 Å². The van der Waals surface area contributed by atoms with Crippen LogP contribution in [0.15, 0.2) is 24.3 Å². The summed E-state index contributed by atoms with van der Waals surface area (Å²) in [4.78, 5) is 11.7. The third kappa shape index (κ3) is 3.40. The molecule has 138 valence electrons. The Morgan fingerprint density at radius 2 is 1.72 bits per heavy atom. The Labute approximate surface area is 141 Å². The van der Waals surface area contributed by atoms with Crippen molar-refractivity contribution in [2.45, 2.75) is 24.1 Å². The number of aliphatic hydroxyl groups is 1. The minimum Gasteiger partial charge on any atom is -0.363 e. The molecule has 1 aromatic carbocycles. The van der Waals surface area contributed by atoms with Gasteiger partial charge < -0.3 is 15.7 Å². The van der Waals surface area contributed by atoms with Crippen molar-refractivity contribution in [3.63, 3.8) is 0 Å². The molecule has 3 N–H and O–H groups in total. The van der Waals surface area contributed by atoms with Crippen LogP contribution in [0.4, 0.5) is 30.7 Å². The molecule has 2 rings (SSSR count). The molecule has 3 atom stereocenters. The first kappa shape index (κ1) is 19.4.